The van der Waals surface area contributed by atoms with E-state index < -0.39 is 0 Å². The van der Waals surface area contributed by atoms with E-state index in [1.165, 1.54) is 12.8 Å². The van der Waals surface area contributed by atoms with Crippen LogP contribution in [0.4, 0.5) is 5.69 Å². The van der Waals surface area contributed by atoms with Crippen molar-refractivity contribution in [3.05, 3.63) is 59.7 Å². The lowest BCUT2D eigenvalue weighted by Gasteiger charge is -2.30. The van der Waals surface area contributed by atoms with E-state index in [-0.39, 0.29) is 17.9 Å². The Hall–Kier alpha value is -2.82. The van der Waals surface area contributed by atoms with Crippen LogP contribution in [0.5, 0.6) is 5.75 Å². The lowest BCUT2D eigenvalue weighted by atomic mass is 10.1. The maximum atomic E-state index is 13.4. The highest BCUT2D eigenvalue weighted by Crippen LogP contribution is 2.36. The van der Waals surface area contributed by atoms with E-state index in [0.717, 1.165) is 30.0 Å². The number of hydrogen-bond acceptors (Lipinski definition) is 3. The second-order valence-corrected chi connectivity index (χ2v) is 8.05. The predicted octanol–water partition coefficient (Wildman–Crippen LogP) is 4.26. The molecule has 1 heterocycles. The molecule has 0 bridgehead atoms. The van der Waals surface area contributed by atoms with Gasteiger partial charge in [-0.1, -0.05) is 12.1 Å². The largest absolute Gasteiger partial charge is 0.497 e. The predicted molar refractivity (Wildman–Crippen MR) is 113 cm³/mol. The second kappa shape index (κ2) is 8.27. The van der Waals surface area contributed by atoms with Crippen LogP contribution in [0.2, 0.25) is 0 Å². The molecule has 2 aromatic rings. The van der Waals surface area contributed by atoms with E-state index in [9.17, 15) is 9.59 Å². The van der Waals surface area contributed by atoms with Crippen LogP contribution in [0.15, 0.2) is 48.5 Å². The zero-order chi connectivity index (χ0) is 20.4. The highest BCUT2D eigenvalue weighted by molar-refractivity contribution is 5.97. The van der Waals surface area contributed by atoms with Gasteiger partial charge in [-0.05, 0) is 74.1 Å². The molecular formula is C24H28N2O3. The van der Waals surface area contributed by atoms with Crippen LogP contribution in [-0.2, 0) is 11.3 Å². The first-order valence-electron chi connectivity index (χ1n) is 10.4. The van der Waals surface area contributed by atoms with Gasteiger partial charge in [0.25, 0.3) is 5.91 Å². The molecule has 0 radical (unpaired) electrons. The zero-order valence-electron chi connectivity index (χ0n) is 17.1. The summed E-state index contributed by atoms with van der Waals surface area (Å²) < 4.78 is 5.24. The van der Waals surface area contributed by atoms with E-state index in [1.54, 1.807) is 12.0 Å². The Labute approximate surface area is 172 Å². The molecule has 0 spiro atoms. The summed E-state index contributed by atoms with van der Waals surface area (Å²) in [5, 5.41) is 0. The van der Waals surface area contributed by atoms with Gasteiger partial charge in [-0.3, -0.25) is 9.59 Å². The summed E-state index contributed by atoms with van der Waals surface area (Å²) in [6.07, 6.45) is 3.87. The van der Waals surface area contributed by atoms with Crippen LogP contribution in [0.3, 0.4) is 0 Å². The Morgan fingerprint density at radius 2 is 1.83 bits per heavy atom. The van der Waals surface area contributed by atoms with Gasteiger partial charge in [-0.2, -0.15) is 0 Å². The van der Waals surface area contributed by atoms with E-state index in [2.05, 4.69) is 6.92 Å². The molecule has 1 saturated carbocycles. The molecule has 2 amide bonds. The van der Waals surface area contributed by atoms with Crippen molar-refractivity contribution in [3.8, 4) is 5.75 Å². The minimum Gasteiger partial charge on any atom is -0.497 e. The lowest BCUT2D eigenvalue weighted by Crippen LogP contribution is -2.39. The highest BCUT2D eigenvalue weighted by atomic mass is 16.5. The summed E-state index contributed by atoms with van der Waals surface area (Å²) >= 11 is 0. The SMILES string of the molecule is COc1ccc(CN(C(=O)c2ccc(N3CCCC3=O)cc2)C(C)C2CC2)cc1. The van der Waals surface area contributed by atoms with Crippen molar-refractivity contribution >= 4 is 17.5 Å². The van der Waals surface area contributed by atoms with Gasteiger partial charge in [0.05, 0.1) is 7.11 Å². The summed E-state index contributed by atoms with van der Waals surface area (Å²) in [6.45, 7) is 3.48. The summed E-state index contributed by atoms with van der Waals surface area (Å²) in [5.41, 5.74) is 2.63. The molecule has 1 saturated heterocycles. The van der Waals surface area contributed by atoms with Gasteiger partial charge in [0, 0.05) is 36.8 Å². The van der Waals surface area contributed by atoms with Crippen molar-refractivity contribution in [3.63, 3.8) is 0 Å². The van der Waals surface area contributed by atoms with Crippen molar-refractivity contribution in [1.29, 1.82) is 0 Å². The Bertz CT molecular complexity index is 872. The number of benzene rings is 2. The van der Waals surface area contributed by atoms with Crippen LogP contribution in [0, 0.1) is 5.92 Å². The Morgan fingerprint density at radius 3 is 2.38 bits per heavy atom. The fourth-order valence-corrected chi connectivity index (χ4v) is 4.03. The van der Waals surface area contributed by atoms with Crippen LogP contribution >= 0.6 is 0 Å². The number of rotatable bonds is 7. The molecule has 1 unspecified atom stereocenters. The molecule has 2 fully saturated rings. The monoisotopic (exact) mass is 392 g/mol. The van der Waals surface area contributed by atoms with Crippen LogP contribution in [-0.4, -0.2) is 36.4 Å². The third-order valence-corrected chi connectivity index (χ3v) is 6.07. The van der Waals surface area contributed by atoms with E-state index >= 15 is 0 Å². The van der Waals surface area contributed by atoms with Gasteiger partial charge in [-0.25, -0.2) is 0 Å². The zero-order valence-corrected chi connectivity index (χ0v) is 17.1. The van der Waals surface area contributed by atoms with Crippen molar-refractivity contribution in [2.45, 2.75) is 45.2 Å². The molecule has 2 aliphatic rings. The average molecular weight is 392 g/mol. The third kappa shape index (κ3) is 4.29. The molecular weight excluding hydrogens is 364 g/mol. The third-order valence-electron chi connectivity index (χ3n) is 6.07. The number of ether oxygens (including phenoxy) is 1. The Kier molecular flexibility index (Phi) is 5.56. The number of methoxy groups -OCH3 is 1. The van der Waals surface area contributed by atoms with Gasteiger partial charge >= 0.3 is 0 Å². The summed E-state index contributed by atoms with van der Waals surface area (Å²) in [7, 11) is 1.65. The van der Waals surface area contributed by atoms with Crippen LogP contribution in [0.1, 0.15) is 48.5 Å². The van der Waals surface area contributed by atoms with Crippen LogP contribution < -0.4 is 9.64 Å². The molecule has 2 aromatic carbocycles. The Morgan fingerprint density at radius 1 is 1.14 bits per heavy atom. The molecule has 152 valence electrons. The maximum absolute atomic E-state index is 13.4. The molecule has 1 aliphatic heterocycles. The molecule has 5 heteroatoms. The van der Waals surface area contributed by atoms with Gasteiger partial charge < -0.3 is 14.5 Å². The van der Waals surface area contributed by atoms with E-state index in [1.807, 2.05) is 53.4 Å². The molecule has 29 heavy (non-hydrogen) atoms. The first-order valence-corrected chi connectivity index (χ1v) is 10.4. The second-order valence-electron chi connectivity index (χ2n) is 8.05. The van der Waals surface area contributed by atoms with Gasteiger partial charge in [0.1, 0.15) is 5.75 Å². The first kappa shape index (κ1) is 19.5. The fourth-order valence-electron chi connectivity index (χ4n) is 4.03. The van der Waals surface area contributed by atoms with Gasteiger partial charge in [0.15, 0.2) is 0 Å². The maximum Gasteiger partial charge on any atom is 0.254 e. The minimum atomic E-state index is 0.0412. The topological polar surface area (TPSA) is 49.9 Å². The summed E-state index contributed by atoms with van der Waals surface area (Å²) in [6, 6.07) is 15.6. The average Bonchev–Trinajstić information content (AvgIpc) is 3.52. The number of carbonyl (C=O) groups is 2. The summed E-state index contributed by atoms with van der Waals surface area (Å²) in [4.78, 5) is 29.1. The molecule has 1 aliphatic carbocycles. The number of amides is 2. The smallest absolute Gasteiger partial charge is 0.254 e. The lowest BCUT2D eigenvalue weighted by molar-refractivity contribution is -0.117. The van der Waals surface area contributed by atoms with Crippen molar-refractivity contribution in [2.24, 2.45) is 5.92 Å². The molecule has 0 N–H and O–H groups in total. The minimum absolute atomic E-state index is 0.0412. The molecule has 1 atom stereocenters. The molecule has 5 nitrogen and oxygen atoms in total. The standard InChI is InChI=1S/C24H28N2O3/c1-17(19-7-8-19)26(16-18-5-13-22(29-2)14-6-18)24(28)20-9-11-21(12-10-20)25-15-3-4-23(25)27/h5-6,9-14,17,19H,3-4,7-8,15-16H2,1-2H3. The number of nitrogens with zero attached hydrogens (tertiary/aromatic N) is 2. The first-order chi connectivity index (χ1) is 14.1. The van der Waals surface area contributed by atoms with E-state index in [4.69, 9.17) is 4.74 Å². The molecule has 4 rings (SSSR count). The number of hydrogen-bond donors (Lipinski definition) is 0. The van der Waals surface area contributed by atoms with Gasteiger partial charge in [-0.15, -0.1) is 0 Å². The van der Waals surface area contributed by atoms with Gasteiger partial charge in [0.2, 0.25) is 5.91 Å². The van der Waals surface area contributed by atoms with Crippen molar-refractivity contribution in [2.75, 3.05) is 18.6 Å². The van der Waals surface area contributed by atoms with Crippen molar-refractivity contribution in [1.82, 2.24) is 4.90 Å². The van der Waals surface area contributed by atoms with Crippen LogP contribution in [0.25, 0.3) is 0 Å². The molecule has 0 aromatic heterocycles. The number of carbonyl (C=O) groups excluding carboxylic acids is 2. The normalized spacial score (nSPS) is 17.3. The summed E-state index contributed by atoms with van der Waals surface area (Å²) in [5.74, 6) is 1.60. The Balaban J connectivity index is 1.53. The fraction of sp³-hybridized carbons (Fsp3) is 0.417. The quantitative estimate of drug-likeness (QED) is 0.707. The number of anilines is 1. The van der Waals surface area contributed by atoms with E-state index in [0.29, 0.717) is 24.4 Å². The highest BCUT2D eigenvalue weighted by Gasteiger charge is 2.34. The van der Waals surface area contributed by atoms with Crippen molar-refractivity contribution < 1.29 is 14.3 Å².